The van der Waals surface area contributed by atoms with Crippen molar-refractivity contribution in [1.82, 2.24) is 4.90 Å². The van der Waals surface area contributed by atoms with Gasteiger partial charge in [0, 0.05) is 6.54 Å². The van der Waals surface area contributed by atoms with Crippen LogP contribution in [0.25, 0.3) is 6.08 Å². The Bertz CT molecular complexity index is 1020. The monoisotopic (exact) mass is 497 g/mol. The average Bonchev–Trinajstić information content (AvgIpc) is 2.87. The molecule has 0 radical (unpaired) electrons. The lowest BCUT2D eigenvalue weighted by Crippen LogP contribution is -2.23. The maximum absolute atomic E-state index is 11.5. The van der Waals surface area contributed by atoms with E-state index in [2.05, 4.69) is 37.9 Å². The molecule has 0 spiro atoms. The minimum Gasteiger partial charge on any atom is -0.493 e. The highest BCUT2D eigenvalue weighted by Gasteiger charge is 2.17. The Balaban J connectivity index is 2.05. The number of carbonyl (C=O) groups excluding carboxylic acids is 1. The Hall–Kier alpha value is -2.99. The van der Waals surface area contributed by atoms with Crippen LogP contribution in [0.1, 0.15) is 51.2 Å². The van der Waals surface area contributed by atoms with Crippen LogP contribution in [0.5, 0.6) is 11.5 Å². The van der Waals surface area contributed by atoms with Gasteiger partial charge < -0.3 is 23.8 Å². The number of rotatable bonds is 14. The summed E-state index contributed by atoms with van der Waals surface area (Å²) in [5, 5.41) is 0. The fourth-order valence-electron chi connectivity index (χ4n) is 4.46. The first-order chi connectivity index (χ1) is 17.2. The van der Waals surface area contributed by atoms with Crippen LogP contribution < -0.4 is 9.47 Å². The van der Waals surface area contributed by atoms with Gasteiger partial charge in [0.05, 0.1) is 28.4 Å². The Kier molecular flexibility index (Phi) is 11.8. The fourth-order valence-corrected chi connectivity index (χ4v) is 4.46. The van der Waals surface area contributed by atoms with Crippen molar-refractivity contribution in [2.24, 2.45) is 5.92 Å². The minimum absolute atomic E-state index is 0.0160. The number of ether oxygens (including phenoxy) is 4. The first-order valence-electron chi connectivity index (χ1n) is 12.6. The molecular weight excluding hydrogens is 454 g/mol. The maximum atomic E-state index is 11.5. The van der Waals surface area contributed by atoms with Gasteiger partial charge in [0.2, 0.25) is 0 Å². The molecule has 6 nitrogen and oxygen atoms in total. The SMILES string of the molecule is COC1=CCC(=C(CCCN(C)CCc2cc(OC)c(OC)cc2C=CC(C)=O)C(C)C)C=C1OC. The molecule has 1 aromatic carbocycles. The molecule has 6 heteroatoms. The summed E-state index contributed by atoms with van der Waals surface area (Å²) in [6, 6.07) is 3.95. The number of benzene rings is 1. The van der Waals surface area contributed by atoms with Crippen LogP contribution in [-0.2, 0) is 20.7 Å². The molecule has 0 bridgehead atoms. The third-order valence-electron chi connectivity index (χ3n) is 6.50. The van der Waals surface area contributed by atoms with E-state index < -0.39 is 0 Å². The van der Waals surface area contributed by atoms with Crippen LogP contribution in [0.3, 0.4) is 0 Å². The molecule has 2 rings (SSSR count). The summed E-state index contributed by atoms with van der Waals surface area (Å²) in [6.07, 6.45) is 11.5. The molecule has 0 saturated carbocycles. The summed E-state index contributed by atoms with van der Waals surface area (Å²) >= 11 is 0. The van der Waals surface area contributed by atoms with Gasteiger partial charge in [0.1, 0.15) is 0 Å². The zero-order valence-electron chi connectivity index (χ0n) is 23.3. The second-order valence-corrected chi connectivity index (χ2v) is 9.40. The van der Waals surface area contributed by atoms with Crippen molar-refractivity contribution in [1.29, 1.82) is 0 Å². The molecule has 0 fully saturated rings. The van der Waals surface area contributed by atoms with Gasteiger partial charge in [-0.1, -0.05) is 25.5 Å². The van der Waals surface area contributed by atoms with Crippen LogP contribution in [0.4, 0.5) is 0 Å². The predicted octanol–water partition coefficient (Wildman–Crippen LogP) is 5.98. The molecule has 1 aliphatic rings. The summed E-state index contributed by atoms with van der Waals surface area (Å²) in [7, 11) is 8.78. The van der Waals surface area contributed by atoms with Crippen LogP contribution in [-0.4, -0.2) is 59.3 Å². The van der Waals surface area contributed by atoms with E-state index >= 15 is 0 Å². The first kappa shape index (κ1) is 29.2. The lowest BCUT2D eigenvalue weighted by atomic mass is 9.89. The van der Waals surface area contributed by atoms with E-state index in [4.69, 9.17) is 18.9 Å². The highest BCUT2D eigenvalue weighted by atomic mass is 16.5. The third-order valence-corrected chi connectivity index (χ3v) is 6.50. The number of ketones is 1. The van der Waals surface area contributed by atoms with Crippen molar-refractivity contribution in [2.45, 2.75) is 46.5 Å². The van der Waals surface area contributed by atoms with Gasteiger partial charge in [0.25, 0.3) is 0 Å². The highest BCUT2D eigenvalue weighted by Crippen LogP contribution is 2.32. The molecule has 0 atom stereocenters. The van der Waals surface area contributed by atoms with E-state index in [0.29, 0.717) is 17.4 Å². The second-order valence-electron chi connectivity index (χ2n) is 9.40. The molecule has 1 aromatic rings. The first-order valence-corrected chi connectivity index (χ1v) is 12.6. The van der Waals surface area contributed by atoms with Crippen LogP contribution in [0.15, 0.2) is 53.0 Å². The number of hydrogen-bond donors (Lipinski definition) is 0. The van der Waals surface area contributed by atoms with E-state index in [1.54, 1.807) is 41.4 Å². The highest BCUT2D eigenvalue weighted by molar-refractivity contribution is 5.91. The minimum atomic E-state index is 0.0160. The van der Waals surface area contributed by atoms with E-state index in [1.807, 2.05) is 18.2 Å². The second kappa shape index (κ2) is 14.5. The van der Waals surface area contributed by atoms with Crippen molar-refractivity contribution < 1.29 is 23.7 Å². The number of methoxy groups -OCH3 is 4. The number of likely N-dealkylation sites (N-methyl/N-ethyl adjacent to an activating group) is 1. The van der Waals surface area contributed by atoms with Gasteiger partial charge in [-0.2, -0.15) is 0 Å². The molecule has 36 heavy (non-hydrogen) atoms. The molecule has 0 heterocycles. The van der Waals surface area contributed by atoms with Crippen LogP contribution >= 0.6 is 0 Å². The van der Waals surface area contributed by atoms with Gasteiger partial charge in [-0.05, 0) is 99.2 Å². The Labute approximate surface area is 217 Å². The molecule has 0 saturated heterocycles. The van der Waals surface area contributed by atoms with Gasteiger partial charge in [0.15, 0.2) is 28.8 Å². The van der Waals surface area contributed by atoms with E-state index in [9.17, 15) is 4.79 Å². The molecule has 0 unspecified atom stereocenters. The van der Waals surface area contributed by atoms with Crippen LogP contribution in [0, 0.1) is 5.92 Å². The summed E-state index contributed by atoms with van der Waals surface area (Å²) in [6.45, 7) is 7.97. The van der Waals surface area contributed by atoms with Crippen molar-refractivity contribution in [3.05, 3.63) is 64.2 Å². The number of hydrogen-bond acceptors (Lipinski definition) is 6. The quantitative estimate of drug-likeness (QED) is 0.295. The summed E-state index contributed by atoms with van der Waals surface area (Å²) in [4.78, 5) is 13.9. The lowest BCUT2D eigenvalue weighted by molar-refractivity contribution is -0.112. The maximum Gasteiger partial charge on any atom is 0.161 e. The summed E-state index contributed by atoms with van der Waals surface area (Å²) < 4.78 is 21.9. The van der Waals surface area contributed by atoms with E-state index in [1.165, 1.54) is 11.1 Å². The number of allylic oxidation sites excluding steroid dienone is 5. The molecule has 198 valence electrons. The summed E-state index contributed by atoms with van der Waals surface area (Å²) in [5.41, 5.74) is 4.91. The van der Waals surface area contributed by atoms with E-state index in [0.717, 1.165) is 61.4 Å². The van der Waals surface area contributed by atoms with Crippen molar-refractivity contribution >= 4 is 11.9 Å². The molecular formula is C30H43NO5. The Morgan fingerprint density at radius 1 is 1.00 bits per heavy atom. The lowest BCUT2D eigenvalue weighted by Gasteiger charge is -2.22. The fraction of sp³-hybridized carbons (Fsp3) is 0.500. The van der Waals surface area contributed by atoms with Gasteiger partial charge in [-0.3, -0.25) is 4.79 Å². The normalized spacial score (nSPS) is 15.2. The van der Waals surface area contributed by atoms with Crippen molar-refractivity contribution in [3.63, 3.8) is 0 Å². The Morgan fingerprint density at radius 2 is 1.67 bits per heavy atom. The van der Waals surface area contributed by atoms with Gasteiger partial charge in [-0.25, -0.2) is 0 Å². The molecule has 1 aliphatic carbocycles. The number of carbonyl (C=O) groups is 1. The molecule has 0 aromatic heterocycles. The standard InChI is InChI=1S/C30H43NO5/c1-21(2)26(25-13-14-27(33-5)28(20-25)34-6)10-9-16-31(4)17-15-24-19-30(36-8)29(35-7)18-23(24)12-11-22(3)32/h11-12,14,18-21H,9-10,13,15-17H2,1-8H3. The van der Waals surface area contributed by atoms with Gasteiger partial charge >= 0.3 is 0 Å². The summed E-state index contributed by atoms with van der Waals surface area (Å²) in [5.74, 6) is 3.44. The zero-order valence-corrected chi connectivity index (χ0v) is 23.3. The topological polar surface area (TPSA) is 57.2 Å². The van der Waals surface area contributed by atoms with Crippen LogP contribution in [0.2, 0.25) is 0 Å². The molecule has 0 N–H and O–H groups in total. The average molecular weight is 498 g/mol. The third kappa shape index (κ3) is 8.30. The smallest absolute Gasteiger partial charge is 0.161 e. The Morgan fingerprint density at radius 3 is 2.25 bits per heavy atom. The van der Waals surface area contributed by atoms with Crippen molar-refractivity contribution in [3.8, 4) is 11.5 Å². The van der Waals surface area contributed by atoms with Gasteiger partial charge in [-0.15, -0.1) is 0 Å². The zero-order chi connectivity index (χ0) is 26.7. The van der Waals surface area contributed by atoms with Crippen molar-refractivity contribution in [2.75, 3.05) is 48.6 Å². The molecule has 0 aliphatic heterocycles. The largest absolute Gasteiger partial charge is 0.493 e. The molecule has 0 amide bonds. The van der Waals surface area contributed by atoms with E-state index in [-0.39, 0.29) is 5.78 Å². The predicted molar refractivity (Wildman–Crippen MR) is 146 cm³/mol. The number of nitrogens with zero attached hydrogens (tertiary/aromatic N) is 1.